The standard InChI is InChI=1S/C18H14N4O2/c1-2-24-18(23)13-5-7-21-17(8-13)22-11-15(9-19)16(12-22)14-4-3-6-20-10-14/h3-8,10-12H,2H2,1H3. The van der Waals surface area contributed by atoms with Crippen molar-refractivity contribution in [1.82, 2.24) is 14.5 Å². The fourth-order valence-electron chi connectivity index (χ4n) is 2.33. The van der Waals surface area contributed by atoms with Crippen LogP contribution in [0, 0.1) is 11.3 Å². The molecule has 0 aliphatic carbocycles. The summed E-state index contributed by atoms with van der Waals surface area (Å²) in [6, 6.07) is 9.10. The number of ether oxygens (including phenoxy) is 1. The first-order valence-electron chi connectivity index (χ1n) is 7.39. The predicted molar refractivity (Wildman–Crippen MR) is 87.5 cm³/mol. The number of pyridine rings is 2. The highest BCUT2D eigenvalue weighted by atomic mass is 16.5. The maximum atomic E-state index is 11.9. The van der Waals surface area contributed by atoms with E-state index in [4.69, 9.17) is 4.74 Å². The molecule has 0 amide bonds. The van der Waals surface area contributed by atoms with Crippen molar-refractivity contribution in [2.24, 2.45) is 0 Å². The Bertz CT molecular complexity index is 910. The van der Waals surface area contributed by atoms with Crippen LogP contribution in [-0.4, -0.2) is 27.1 Å². The maximum Gasteiger partial charge on any atom is 0.338 e. The number of carbonyl (C=O) groups excluding carboxylic acids is 1. The van der Waals surface area contributed by atoms with Gasteiger partial charge in [0.25, 0.3) is 0 Å². The van der Waals surface area contributed by atoms with Gasteiger partial charge in [0.15, 0.2) is 0 Å². The molecule has 0 unspecified atom stereocenters. The van der Waals surface area contributed by atoms with Crippen molar-refractivity contribution in [3.8, 4) is 23.0 Å². The lowest BCUT2D eigenvalue weighted by Gasteiger charge is -2.05. The third-order valence-electron chi connectivity index (χ3n) is 3.44. The molecule has 0 N–H and O–H groups in total. The van der Waals surface area contributed by atoms with Gasteiger partial charge in [-0.3, -0.25) is 4.98 Å². The molecular formula is C18H14N4O2. The van der Waals surface area contributed by atoms with Gasteiger partial charge in [0.1, 0.15) is 11.9 Å². The van der Waals surface area contributed by atoms with Crippen LogP contribution in [0.25, 0.3) is 16.9 Å². The second-order valence-electron chi connectivity index (χ2n) is 4.97. The van der Waals surface area contributed by atoms with Crippen LogP contribution in [0.1, 0.15) is 22.8 Å². The molecule has 0 saturated heterocycles. The molecule has 3 aromatic heterocycles. The van der Waals surface area contributed by atoms with Gasteiger partial charge in [0.05, 0.1) is 17.7 Å². The normalized spacial score (nSPS) is 10.2. The molecule has 0 atom stereocenters. The van der Waals surface area contributed by atoms with Crippen LogP contribution < -0.4 is 0 Å². The topological polar surface area (TPSA) is 80.8 Å². The van der Waals surface area contributed by atoms with E-state index in [2.05, 4.69) is 16.0 Å². The van der Waals surface area contributed by atoms with Crippen molar-refractivity contribution in [2.45, 2.75) is 6.92 Å². The summed E-state index contributed by atoms with van der Waals surface area (Å²) in [5, 5.41) is 9.37. The largest absolute Gasteiger partial charge is 0.462 e. The fourth-order valence-corrected chi connectivity index (χ4v) is 2.33. The lowest BCUT2D eigenvalue weighted by atomic mass is 10.1. The summed E-state index contributed by atoms with van der Waals surface area (Å²) in [6.45, 7) is 2.06. The van der Waals surface area contributed by atoms with Crippen molar-refractivity contribution in [3.63, 3.8) is 0 Å². The predicted octanol–water partition coefficient (Wildman–Crippen LogP) is 2.98. The SMILES string of the molecule is CCOC(=O)c1ccnc(-n2cc(C#N)c(-c3cccnc3)c2)c1. The zero-order valence-electron chi connectivity index (χ0n) is 13.0. The smallest absolute Gasteiger partial charge is 0.338 e. The molecule has 0 aliphatic heterocycles. The zero-order chi connectivity index (χ0) is 16.9. The number of hydrogen-bond acceptors (Lipinski definition) is 5. The number of carbonyl (C=O) groups is 1. The first kappa shape index (κ1) is 15.4. The number of nitriles is 1. The zero-order valence-corrected chi connectivity index (χ0v) is 13.0. The van der Waals surface area contributed by atoms with E-state index in [1.54, 1.807) is 48.4 Å². The van der Waals surface area contributed by atoms with Gasteiger partial charge < -0.3 is 9.30 Å². The quantitative estimate of drug-likeness (QED) is 0.691. The Morgan fingerprint density at radius 3 is 2.92 bits per heavy atom. The summed E-state index contributed by atoms with van der Waals surface area (Å²) in [5.41, 5.74) is 2.52. The summed E-state index contributed by atoms with van der Waals surface area (Å²) < 4.78 is 6.71. The highest BCUT2D eigenvalue weighted by molar-refractivity contribution is 5.89. The highest BCUT2D eigenvalue weighted by Gasteiger charge is 2.13. The van der Waals surface area contributed by atoms with E-state index < -0.39 is 5.97 Å². The second-order valence-corrected chi connectivity index (χ2v) is 4.97. The first-order valence-corrected chi connectivity index (χ1v) is 7.39. The van der Waals surface area contributed by atoms with E-state index in [-0.39, 0.29) is 0 Å². The summed E-state index contributed by atoms with van der Waals surface area (Å²) >= 11 is 0. The lowest BCUT2D eigenvalue weighted by Crippen LogP contribution is -2.06. The number of nitrogens with zero attached hydrogens (tertiary/aromatic N) is 4. The van der Waals surface area contributed by atoms with Crippen LogP contribution in [0.2, 0.25) is 0 Å². The fraction of sp³-hybridized carbons (Fsp3) is 0.111. The minimum atomic E-state index is -0.402. The molecule has 0 aromatic carbocycles. The highest BCUT2D eigenvalue weighted by Crippen LogP contribution is 2.25. The van der Waals surface area contributed by atoms with E-state index in [1.165, 1.54) is 6.20 Å². The van der Waals surface area contributed by atoms with Crippen LogP contribution in [0.3, 0.4) is 0 Å². The van der Waals surface area contributed by atoms with Gasteiger partial charge in [-0.1, -0.05) is 6.07 Å². The Balaban J connectivity index is 2.02. The number of rotatable bonds is 4. The minimum absolute atomic E-state index is 0.309. The third-order valence-corrected chi connectivity index (χ3v) is 3.44. The summed E-state index contributed by atoms with van der Waals surface area (Å²) in [4.78, 5) is 20.2. The number of hydrogen-bond donors (Lipinski definition) is 0. The monoisotopic (exact) mass is 318 g/mol. The van der Waals surface area contributed by atoms with Gasteiger partial charge in [-0.15, -0.1) is 0 Å². The molecule has 0 aliphatic rings. The molecule has 6 nitrogen and oxygen atoms in total. The van der Waals surface area contributed by atoms with Gasteiger partial charge in [-0.2, -0.15) is 5.26 Å². The Morgan fingerprint density at radius 1 is 1.33 bits per heavy atom. The minimum Gasteiger partial charge on any atom is -0.462 e. The molecule has 0 saturated carbocycles. The summed E-state index contributed by atoms with van der Waals surface area (Å²) in [7, 11) is 0. The van der Waals surface area contributed by atoms with Crippen molar-refractivity contribution in [3.05, 3.63) is 66.4 Å². The van der Waals surface area contributed by atoms with E-state index in [0.717, 1.165) is 11.1 Å². The van der Waals surface area contributed by atoms with Crippen LogP contribution in [0.4, 0.5) is 0 Å². The molecule has 3 aromatic rings. The van der Waals surface area contributed by atoms with Crippen LogP contribution in [-0.2, 0) is 4.74 Å². The van der Waals surface area contributed by atoms with E-state index in [0.29, 0.717) is 23.6 Å². The Hall–Kier alpha value is -3.46. The number of esters is 1. The van der Waals surface area contributed by atoms with E-state index in [1.807, 2.05) is 12.1 Å². The molecule has 0 fully saturated rings. The summed E-state index contributed by atoms with van der Waals surface area (Å²) in [6.07, 6.45) is 8.39. The Morgan fingerprint density at radius 2 is 2.21 bits per heavy atom. The van der Waals surface area contributed by atoms with Gasteiger partial charge in [0.2, 0.25) is 0 Å². The van der Waals surface area contributed by atoms with Crippen LogP contribution in [0.15, 0.2) is 55.2 Å². The van der Waals surface area contributed by atoms with Crippen molar-refractivity contribution < 1.29 is 9.53 Å². The van der Waals surface area contributed by atoms with Gasteiger partial charge >= 0.3 is 5.97 Å². The first-order chi connectivity index (χ1) is 11.7. The average Bonchev–Trinajstić information content (AvgIpc) is 3.07. The van der Waals surface area contributed by atoms with Gasteiger partial charge in [0, 0.05) is 42.1 Å². The summed E-state index contributed by atoms with van der Waals surface area (Å²) in [5.74, 6) is 0.133. The van der Waals surface area contributed by atoms with E-state index >= 15 is 0 Å². The molecule has 0 radical (unpaired) electrons. The van der Waals surface area contributed by atoms with Crippen molar-refractivity contribution in [1.29, 1.82) is 5.26 Å². The molecule has 0 spiro atoms. The molecule has 6 heteroatoms. The van der Waals surface area contributed by atoms with Crippen molar-refractivity contribution in [2.75, 3.05) is 6.61 Å². The lowest BCUT2D eigenvalue weighted by molar-refractivity contribution is 0.0526. The molecule has 24 heavy (non-hydrogen) atoms. The van der Waals surface area contributed by atoms with Crippen molar-refractivity contribution >= 4 is 5.97 Å². The molecule has 3 heterocycles. The van der Waals surface area contributed by atoms with Gasteiger partial charge in [-0.05, 0) is 25.1 Å². The van der Waals surface area contributed by atoms with Crippen LogP contribution >= 0.6 is 0 Å². The molecule has 3 rings (SSSR count). The van der Waals surface area contributed by atoms with Gasteiger partial charge in [-0.25, -0.2) is 9.78 Å². The molecule has 0 bridgehead atoms. The molecular weight excluding hydrogens is 304 g/mol. The Labute approximate surface area is 139 Å². The number of aromatic nitrogens is 3. The Kier molecular flexibility index (Phi) is 4.34. The molecule has 118 valence electrons. The third kappa shape index (κ3) is 3.01. The average molecular weight is 318 g/mol. The second kappa shape index (κ2) is 6.75. The maximum absolute atomic E-state index is 11.9. The van der Waals surface area contributed by atoms with E-state index in [9.17, 15) is 10.1 Å². The van der Waals surface area contributed by atoms with Crippen LogP contribution in [0.5, 0.6) is 0 Å².